The minimum atomic E-state index is -0.292. The molecule has 9 heteroatoms. The highest BCUT2D eigenvalue weighted by molar-refractivity contribution is 7.15. The summed E-state index contributed by atoms with van der Waals surface area (Å²) in [5.41, 5.74) is 2.97. The number of amides is 1. The zero-order valence-corrected chi connectivity index (χ0v) is 16.4. The zero-order valence-electron chi connectivity index (χ0n) is 15.6. The lowest BCUT2D eigenvalue weighted by atomic mass is 10.3. The Hall–Kier alpha value is -3.33. The number of nitrogens with zero attached hydrogens (tertiary/aromatic N) is 5. The fraction of sp³-hybridized carbons (Fsp3) is 0.211. The standard InChI is InChI=1S/C19H18N6O2S/c1-11-9-12(2)25(24-11)17-7-6-14(22-23-17)18(26)20-10-16-13(3)21-19(28-16)15-5-4-8-27-15/h4-9H,10H2,1-3H3,(H,20,26). The van der Waals surface area contributed by atoms with Gasteiger partial charge in [-0.05, 0) is 51.1 Å². The van der Waals surface area contributed by atoms with Gasteiger partial charge in [0.1, 0.15) is 0 Å². The van der Waals surface area contributed by atoms with Gasteiger partial charge in [-0.2, -0.15) is 5.10 Å². The van der Waals surface area contributed by atoms with E-state index in [9.17, 15) is 4.79 Å². The van der Waals surface area contributed by atoms with Gasteiger partial charge in [-0.3, -0.25) is 4.79 Å². The average molecular weight is 394 g/mol. The molecule has 0 unspecified atom stereocenters. The van der Waals surface area contributed by atoms with Crippen LogP contribution in [0.5, 0.6) is 0 Å². The Morgan fingerprint density at radius 2 is 2.07 bits per heavy atom. The van der Waals surface area contributed by atoms with Crippen molar-refractivity contribution in [3.63, 3.8) is 0 Å². The lowest BCUT2D eigenvalue weighted by Gasteiger charge is -2.05. The normalized spacial score (nSPS) is 11.0. The van der Waals surface area contributed by atoms with Crippen molar-refractivity contribution in [1.29, 1.82) is 0 Å². The summed E-state index contributed by atoms with van der Waals surface area (Å²) in [6.07, 6.45) is 1.61. The van der Waals surface area contributed by atoms with Crippen LogP contribution in [-0.2, 0) is 6.54 Å². The molecule has 0 aliphatic rings. The molecule has 0 saturated heterocycles. The number of hydrogen-bond acceptors (Lipinski definition) is 7. The highest BCUT2D eigenvalue weighted by atomic mass is 32.1. The van der Waals surface area contributed by atoms with Gasteiger partial charge in [0, 0.05) is 10.6 Å². The van der Waals surface area contributed by atoms with E-state index >= 15 is 0 Å². The first-order valence-corrected chi connectivity index (χ1v) is 9.48. The molecule has 4 aromatic rings. The van der Waals surface area contributed by atoms with Crippen molar-refractivity contribution in [3.8, 4) is 16.6 Å². The highest BCUT2D eigenvalue weighted by Gasteiger charge is 2.14. The maximum absolute atomic E-state index is 12.4. The van der Waals surface area contributed by atoms with Gasteiger partial charge < -0.3 is 9.73 Å². The van der Waals surface area contributed by atoms with Crippen molar-refractivity contribution in [2.75, 3.05) is 0 Å². The molecular weight excluding hydrogens is 376 g/mol. The Morgan fingerprint density at radius 1 is 1.21 bits per heavy atom. The molecule has 1 amide bonds. The summed E-state index contributed by atoms with van der Waals surface area (Å²) < 4.78 is 7.07. The zero-order chi connectivity index (χ0) is 19.7. The predicted octanol–water partition coefficient (Wildman–Crippen LogP) is 3.23. The summed E-state index contributed by atoms with van der Waals surface area (Å²) in [6, 6.07) is 9.01. The van der Waals surface area contributed by atoms with Gasteiger partial charge >= 0.3 is 0 Å². The number of aromatic nitrogens is 5. The molecule has 142 valence electrons. The number of furan rings is 1. The second-order valence-electron chi connectivity index (χ2n) is 6.30. The molecule has 0 aliphatic carbocycles. The summed E-state index contributed by atoms with van der Waals surface area (Å²) in [4.78, 5) is 17.9. The molecule has 4 aromatic heterocycles. The van der Waals surface area contributed by atoms with E-state index in [1.165, 1.54) is 11.3 Å². The van der Waals surface area contributed by atoms with Gasteiger partial charge in [0.25, 0.3) is 5.91 Å². The first-order chi connectivity index (χ1) is 13.5. The van der Waals surface area contributed by atoms with E-state index in [1.54, 1.807) is 23.1 Å². The molecule has 0 radical (unpaired) electrons. The number of rotatable bonds is 5. The fourth-order valence-corrected chi connectivity index (χ4v) is 3.74. The van der Waals surface area contributed by atoms with Crippen molar-refractivity contribution in [3.05, 3.63) is 64.2 Å². The van der Waals surface area contributed by atoms with Crippen LogP contribution in [0, 0.1) is 20.8 Å². The molecular formula is C19H18N6O2S. The number of carbonyl (C=O) groups is 1. The van der Waals surface area contributed by atoms with Crippen LogP contribution in [0.15, 0.2) is 41.0 Å². The van der Waals surface area contributed by atoms with Crippen LogP contribution >= 0.6 is 11.3 Å². The van der Waals surface area contributed by atoms with Gasteiger partial charge in [-0.25, -0.2) is 9.67 Å². The van der Waals surface area contributed by atoms with Crippen LogP contribution in [0.3, 0.4) is 0 Å². The van der Waals surface area contributed by atoms with E-state index < -0.39 is 0 Å². The Kier molecular flexibility index (Phi) is 4.74. The second kappa shape index (κ2) is 7.35. The molecule has 1 N–H and O–H groups in total. The largest absolute Gasteiger partial charge is 0.462 e. The van der Waals surface area contributed by atoms with Gasteiger partial charge in [0.15, 0.2) is 22.3 Å². The minimum absolute atomic E-state index is 0.249. The fourth-order valence-electron chi connectivity index (χ4n) is 2.77. The number of nitrogens with one attached hydrogen (secondary N) is 1. The third-order valence-corrected chi connectivity index (χ3v) is 5.32. The summed E-state index contributed by atoms with van der Waals surface area (Å²) in [6.45, 7) is 6.13. The first kappa shape index (κ1) is 18.1. The van der Waals surface area contributed by atoms with Crippen LogP contribution in [-0.4, -0.2) is 30.9 Å². The Balaban J connectivity index is 1.44. The quantitative estimate of drug-likeness (QED) is 0.558. The molecule has 0 atom stereocenters. The topological polar surface area (TPSA) is 98.7 Å². The van der Waals surface area contributed by atoms with Crippen molar-refractivity contribution in [2.24, 2.45) is 0 Å². The lowest BCUT2D eigenvalue weighted by molar-refractivity contribution is 0.0945. The Bertz CT molecular complexity index is 1110. The van der Waals surface area contributed by atoms with Crippen molar-refractivity contribution in [2.45, 2.75) is 27.3 Å². The van der Waals surface area contributed by atoms with E-state index in [1.807, 2.05) is 39.0 Å². The van der Waals surface area contributed by atoms with E-state index in [2.05, 4.69) is 25.6 Å². The van der Waals surface area contributed by atoms with Crippen LogP contribution in [0.2, 0.25) is 0 Å². The smallest absolute Gasteiger partial charge is 0.272 e. The second-order valence-corrected chi connectivity index (χ2v) is 7.39. The third-order valence-electron chi connectivity index (χ3n) is 4.14. The summed E-state index contributed by atoms with van der Waals surface area (Å²) in [5, 5.41) is 16.2. The van der Waals surface area contributed by atoms with Crippen LogP contribution in [0.4, 0.5) is 0 Å². The number of thiazole rings is 1. The van der Waals surface area contributed by atoms with Crippen LogP contribution in [0.1, 0.15) is 32.4 Å². The molecule has 8 nitrogen and oxygen atoms in total. The maximum Gasteiger partial charge on any atom is 0.272 e. The number of carbonyl (C=O) groups excluding carboxylic acids is 1. The van der Waals surface area contributed by atoms with Gasteiger partial charge in [0.2, 0.25) is 0 Å². The monoisotopic (exact) mass is 394 g/mol. The lowest BCUT2D eigenvalue weighted by Crippen LogP contribution is -2.24. The SMILES string of the molecule is Cc1cc(C)n(-c2ccc(C(=O)NCc3sc(-c4ccco4)nc3C)nn2)n1. The van der Waals surface area contributed by atoms with Crippen LogP contribution < -0.4 is 5.32 Å². The Morgan fingerprint density at radius 3 is 2.71 bits per heavy atom. The van der Waals surface area contributed by atoms with Crippen molar-refractivity contribution >= 4 is 17.2 Å². The number of aryl methyl sites for hydroxylation is 3. The van der Waals surface area contributed by atoms with Crippen molar-refractivity contribution < 1.29 is 9.21 Å². The molecule has 0 fully saturated rings. The minimum Gasteiger partial charge on any atom is -0.462 e. The maximum atomic E-state index is 12.4. The predicted molar refractivity (Wildman–Crippen MR) is 104 cm³/mol. The number of hydrogen-bond donors (Lipinski definition) is 1. The molecule has 0 aromatic carbocycles. The third kappa shape index (κ3) is 3.56. The summed E-state index contributed by atoms with van der Waals surface area (Å²) in [7, 11) is 0. The Labute approximate surface area is 165 Å². The summed E-state index contributed by atoms with van der Waals surface area (Å²) >= 11 is 1.49. The molecule has 0 saturated carbocycles. The van der Waals surface area contributed by atoms with Gasteiger partial charge in [-0.15, -0.1) is 21.5 Å². The average Bonchev–Trinajstić information content (AvgIpc) is 3.40. The molecule has 0 aliphatic heterocycles. The molecule has 4 heterocycles. The van der Waals surface area contributed by atoms with E-state index in [-0.39, 0.29) is 11.6 Å². The van der Waals surface area contributed by atoms with E-state index in [4.69, 9.17) is 4.42 Å². The van der Waals surface area contributed by atoms with Crippen LogP contribution in [0.25, 0.3) is 16.6 Å². The first-order valence-electron chi connectivity index (χ1n) is 8.67. The van der Waals surface area contributed by atoms with E-state index in [0.29, 0.717) is 12.4 Å². The molecule has 28 heavy (non-hydrogen) atoms. The summed E-state index contributed by atoms with van der Waals surface area (Å²) in [5.74, 6) is 1.000. The van der Waals surface area contributed by atoms with E-state index in [0.717, 1.165) is 32.7 Å². The van der Waals surface area contributed by atoms with Gasteiger partial charge in [-0.1, -0.05) is 0 Å². The van der Waals surface area contributed by atoms with Gasteiger partial charge in [0.05, 0.1) is 24.2 Å². The van der Waals surface area contributed by atoms with Crippen molar-refractivity contribution in [1.82, 2.24) is 30.3 Å². The molecule has 4 rings (SSSR count). The highest BCUT2D eigenvalue weighted by Crippen LogP contribution is 2.28. The molecule has 0 bridgehead atoms. The molecule has 0 spiro atoms.